The van der Waals surface area contributed by atoms with Crippen molar-refractivity contribution in [1.82, 2.24) is 40.0 Å². The van der Waals surface area contributed by atoms with E-state index < -0.39 is 29.5 Å². The lowest BCUT2D eigenvalue weighted by molar-refractivity contribution is -0.140. The Morgan fingerprint density at radius 1 is 0.869 bits per heavy atom. The van der Waals surface area contributed by atoms with Crippen molar-refractivity contribution in [3.63, 3.8) is 0 Å². The summed E-state index contributed by atoms with van der Waals surface area (Å²) in [6, 6.07) is 11.1. The van der Waals surface area contributed by atoms with Gasteiger partial charge in [0.15, 0.2) is 0 Å². The fourth-order valence-corrected chi connectivity index (χ4v) is 9.65. The first-order valence-corrected chi connectivity index (χ1v) is 22.3. The van der Waals surface area contributed by atoms with Gasteiger partial charge in [-0.2, -0.15) is 5.10 Å². The van der Waals surface area contributed by atoms with Crippen molar-refractivity contribution in [1.29, 1.82) is 0 Å². The molecule has 0 unspecified atom stereocenters. The van der Waals surface area contributed by atoms with E-state index in [1.807, 2.05) is 37.8 Å². The van der Waals surface area contributed by atoms with E-state index in [2.05, 4.69) is 32.2 Å². The number of piperazine rings is 2. The molecular formula is C46H63FN8O6. The molecule has 15 heteroatoms. The van der Waals surface area contributed by atoms with Gasteiger partial charge in [-0.3, -0.25) is 29.0 Å². The van der Waals surface area contributed by atoms with Crippen LogP contribution in [-0.4, -0.2) is 148 Å². The first-order valence-electron chi connectivity index (χ1n) is 22.3. The van der Waals surface area contributed by atoms with Crippen molar-refractivity contribution >= 4 is 34.6 Å². The number of hydrogen-bond donors (Lipinski definition) is 2. The van der Waals surface area contributed by atoms with Crippen LogP contribution in [0.25, 0.3) is 10.8 Å². The number of amides is 4. The number of aromatic amines is 1. The monoisotopic (exact) mass is 842 g/mol. The van der Waals surface area contributed by atoms with E-state index in [9.17, 15) is 24.0 Å². The van der Waals surface area contributed by atoms with Crippen LogP contribution in [-0.2, 0) is 20.7 Å². The predicted molar refractivity (Wildman–Crippen MR) is 231 cm³/mol. The average molecular weight is 843 g/mol. The highest BCUT2D eigenvalue weighted by Gasteiger charge is 2.39. The number of nitrogens with one attached hydrogen (secondary N) is 2. The quantitative estimate of drug-likeness (QED) is 0.297. The number of fused-ring (bicyclic) bond motifs is 1. The minimum atomic E-state index is -0.640. The van der Waals surface area contributed by atoms with Gasteiger partial charge in [-0.15, -0.1) is 0 Å². The largest absolute Gasteiger partial charge is 0.444 e. The minimum absolute atomic E-state index is 0.00202. The Labute approximate surface area is 358 Å². The van der Waals surface area contributed by atoms with Crippen LogP contribution in [0, 0.1) is 17.7 Å². The molecule has 3 aromatic rings. The number of nitrogens with zero attached hydrogens (tertiary/aromatic N) is 6. The first-order chi connectivity index (χ1) is 29.2. The van der Waals surface area contributed by atoms with Gasteiger partial charge in [0.05, 0.1) is 23.2 Å². The highest BCUT2D eigenvalue weighted by atomic mass is 19.1. The molecule has 4 heterocycles. The molecule has 0 bridgehead atoms. The van der Waals surface area contributed by atoms with Crippen molar-refractivity contribution in [2.45, 2.75) is 96.7 Å². The highest BCUT2D eigenvalue weighted by Crippen LogP contribution is 2.29. The number of alkyl carbamates (subject to hydrolysis) is 1. The first kappa shape index (κ1) is 44.2. The fourth-order valence-electron chi connectivity index (χ4n) is 9.65. The van der Waals surface area contributed by atoms with Crippen molar-refractivity contribution in [3.05, 3.63) is 75.5 Å². The third-order valence-corrected chi connectivity index (χ3v) is 13.0. The van der Waals surface area contributed by atoms with Gasteiger partial charge in [0.1, 0.15) is 17.5 Å². The van der Waals surface area contributed by atoms with Gasteiger partial charge in [-0.1, -0.05) is 43.5 Å². The molecule has 4 aliphatic rings. The summed E-state index contributed by atoms with van der Waals surface area (Å²) in [6.45, 7) is 14.2. The summed E-state index contributed by atoms with van der Waals surface area (Å²) in [7, 11) is 0. The molecule has 4 amide bonds. The lowest BCUT2D eigenvalue weighted by Crippen LogP contribution is -2.61. The number of likely N-dealkylation sites (tertiary alicyclic amines) is 1. The molecule has 2 atom stereocenters. The van der Waals surface area contributed by atoms with Gasteiger partial charge in [-0.05, 0) is 102 Å². The maximum Gasteiger partial charge on any atom is 0.408 e. The Hall–Kier alpha value is -4.89. The predicted octanol–water partition coefficient (Wildman–Crippen LogP) is 4.66. The molecule has 2 N–H and O–H groups in total. The summed E-state index contributed by atoms with van der Waals surface area (Å²) in [5.74, 6) is -0.343. The average Bonchev–Trinajstić information content (AvgIpc) is 3.24. The van der Waals surface area contributed by atoms with Gasteiger partial charge >= 0.3 is 6.09 Å². The number of piperidine rings is 1. The topological polar surface area (TPSA) is 151 Å². The molecule has 14 nitrogen and oxygen atoms in total. The van der Waals surface area contributed by atoms with Crippen LogP contribution in [0.3, 0.4) is 0 Å². The zero-order chi connectivity index (χ0) is 43.3. The van der Waals surface area contributed by atoms with Gasteiger partial charge in [0.2, 0.25) is 11.8 Å². The third-order valence-electron chi connectivity index (χ3n) is 13.0. The van der Waals surface area contributed by atoms with Crippen molar-refractivity contribution in [3.8, 4) is 0 Å². The Kier molecular flexibility index (Phi) is 14.1. The maximum atomic E-state index is 15.1. The molecule has 1 aliphatic carbocycles. The van der Waals surface area contributed by atoms with Crippen molar-refractivity contribution in [2.75, 3.05) is 72.0 Å². The minimum Gasteiger partial charge on any atom is -0.444 e. The summed E-state index contributed by atoms with van der Waals surface area (Å²) in [5, 5.41) is 11.0. The van der Waals surface area contributed by atoms with E-state index in [0.717, 1.165) is 77.7 Å². The van der Waals surface area contributed by atoms with E-state index >= 15 is 4.39 Å². The van der Waals surface area contributed by atoms with Crippen molar-refractivity contribution in [2.24, 2.45) is 11.8 Å². The van der Waals surface area contributed by atoms with Crippen LogP contribution in [0.4, 0.5) is 9.18 Å². The molecule has 61 heavy (non-hydrogen) atoms. The Bertz CT molecular complexity index is 2100. The Morgan fingerprint density at radius 3 is 2.25 bits per heavy atom. The normalized spacial score (nSPS) is 20.7. The summed E-state index contributed by atoms with van der Waals surface area (Å²) >= 11 is 0. The molecular weight excluding hydrogens is 780 g/mol. The number of aromatic nitrogens is 2. The highest BCUT2D eigenvalue weighted by molar-refractivity contribution is 5.95. The van der Waals surface area contributed by atoms with Crippen LogP contribution in [0.5, 0.6) is 0 Å². The van der Waals surface area contributed by atoms with Crippen LogP contribution < -0.4 is 10.9 Å². The number of halogens is 1. The smallest absolute Gasteiger partial charge is 0.408 e. The molecule has 3 saturated heterocycles. The van der Waals surface area contributed by atoms with E-state index in [1.165, 1.54) is 6.07 Å². The fraction of sp³-hybridized carbons (Fsp3) is 0.609. The van der Waals surface area contributed by atoms with E-state index in [1.54, 1.807) is 34.1 Å². The lowest BCUT2D eigenvalue weighted by atomic mass is 9.83. The van der Waals surface area contributed by atoms with Crippen LogP contribution in [0.15, 0.2) is 47.3 Å². The summed E-state index contributed by atoms with van der Waals surface area (Å²) in [4.78, 5) is 76.1. The van der Waals surface area contributed by atoms with Gasteiger partial charge in [-0.25, -0.2) is 14.3 Å². The number of carbonyl (C=O) groups excluding carboxylic acids is 4. The van der Waals surface area contributed by atoms with E-state index in [-0.39, 0.29) is 34.9 Å². The molecule has 1 aromatic heterocycles. The molecule has 2 aromatic carbocycles. The standard InChI is InChI=1S/C46H63FN8O6/c1-31-28-52(20-25-55(31)44(59)41(34-10-6-5-7-11-34)48-45(60)61-46(2,3)4)29-32-16-18-51(19-17-32)30-40(56)53-21-23-54(24-22-53)43(58)37-26-33(14-15-38(37)47)27-39-35-12-8-9-13-36(35)42(57)50-49-39/h8-9,12-15,26,31-32,34,41H,5-7,10-11,16-25,27-30H2,1-4H3,(H,48,60)(H,50,57)/t31-,41-/m1/s1. The third kappa shape index (κ3) is 11.1. The van der Waals surface area contributed by atoms with Crippen molar-refractivity contribution < 1.29 is 28.3 Å². The molecule has 7 rings (SSSR count). The number of ether oxygens (including phenoxy) is 1. The second kappa shape index (κ2) is 19.4. The number of hydrogen-bond acceptors (Lipinski definition) is 9. The Morgan fingerprint density at radius 2 is 1.56 bits per heavy atom. The summed E-state index contributed by atoms with van der Waals surface area (Å²) < 4.78 is 20.6. The molecule has 0 radical (unpaired) electrons. The maximum absolute atomic E-state index is 15.1. The second-order valence-corrected chi connectivity index (χ2v) is 18.6. The SMILES string of the molecule is C[C@@H]1CN(CC2CCN(CC(=O)N3CCN(C(=O)c4cc(Cc5n[nH]c(=O)c6ccccc56)ccc4F)CC3)CC2)CCN1C(=O)[C@H](NC(=O)OC(C)(C)C)C1CCCCC1. The zero-order valence-electron chi connectivity index (χ0n) is 36.3. The molecule has 1 saturated carbocycles. The molecule has 330 valence electrons. The summed E-state index contributed by atoms with van der Waals surface area (Å²) in [5.41, 5.74) is 0.388. The van der Waals surface area contributed by atoms with Gasteiger partial charge in [0.25, 0.3) is 11.5 Å². The number of carbonyl (C=O) groups is 4. The van der Waals surface area contributed by atoms with E-state index in [0.29, 0.717) is 73.6 Å². The lowest BCUT2D eigenvalue weighted by Gasteiger charge is -2.44. The van der Waals surface area contributed by atoms with Crippen LogP contribution in [0.2, 0.25) is 0 Å². The Balaban J connectivity index is 0.840. The van der Waals surface area contributed by atoms with Gasteiger partial charge in [0, 0.05) is 70.2 Å². The summed E-state index contributed by atoms with van der Waals surface area (Å²) in [6.07, 6.45) is 6.93. The van der Waals surface area contributed by atoms with Crippen LogP contribution >= 0.6 is 0 Å². The molecule has 4 fully saturated rings. The van der Waals surface area contributed by atoms with Gasteiger partial charge < -0.3 is 24.8 Å². The zero-order valence-corrected chi connectivity index (χ0v) is 36.3. The number of H-pyrrole nitrogens is 1. The second-order valence-electron chi connectivity index (χ2n) is 18.6. The number of benzene rings is 2. The van der Waals surface area contributed by atoms with Crippen LogP contribution in [0.1, 0.15) is 94.3 Å². The molecule has 0 spiro atoms. The van der Waals surface area contributed by atoms with E-state index in [4.69, 9.17) is 4.74 Å². The number of rotatable bonds is 10. The molecule has 3 aliphatic heterocycles.